The normalized spacial score (nSPS) is 10.5. The van der Waals surface area contributed by atoms with Gasteiger partial charge in [0, 0.05) is 23.2 Å². The maximum atomic E-state index is 12.1. The Morgan fingerprint density at radius 2 is 1.83 bits per heavy atom. The number of rotatable bonds is 5. The third-order valence-electron chi connectivity index (χ3n) is 3.41. The van der Waals surface area contributed by atoms with Crippen LogP contribution < -0.4 is 5.32 Å². The molecule has 116 valence electrons. The highest BCUT2D eigenvalue weighted by molar-refractivity contribution is 6.30. The molecule has 0 aliphatic rings. The van der Waals surface area contributed by atoms with E-state index in [2.05, 4.69) is 10.5 Å². The van der Waals surface area contributed by atoms with Gasteiger partial charge in [0.2, 0.25) is 0 Å². The smallest absolute Gasteiger partial charge is 0.273 e. The number of aromatic nitrogens is 1. The summed E-state index contributed by atoms with van der Waals surface area (Å²) in [7, 11) is 0. The molecule has 0 saturated carbocycles. The van der Waals surface area contributed by atoms with Crippen molar-refractivity contribution < 1.29 is 9.32 Å². The van der Waals surface area contributed by atoms with Gasteiger partial charge in [0.25, 0.3) is 5.91 Å². The van der Waals surface area contributed by atoms with Gasteiger partial charge in [-0.15, -0.1) is 0 Å². The van der Waals surface area contributed by atoms with Gasteiger partial charge in [0.1, 0.15) is 0 Å². The summed E-state index contributed by atoms with van der Waals surface area (Å²) in [6.07, 6.45) is 0.728. The van der Waals surface area contributed by atoms with E-state index in [-0.39, 0.29) is 11.6 Å². The van der Waals surface area contributed by atoms with Crippen LogP contribution in [0.5, 0.6) is 0 Å². The zero-order chi connectivity index (χ0) is 16.1. The maximum absolute atomic E-state index is 12.1. The van der Waals surface area contributed by atoms with Crippen LogP contribution >= 0.6 is 11.6 Å². The lowest BCUT2D eigenvalue weighted by atomic mass is 10.1. The van der Waals surface area contributed by atoms with Crippen molar-refractivity contribution in [1.82, 2.24) is 10.5 Å². The van der Waals surface area contributed by atoms with Crippen molar-refractivity contribution in [3.63, 3.8) is 0 Å². The molecule has 0 aliphatic heterocycles. The second-order valence-corrected chi connectivity index (χ2v) is 5.51. The van der Waals surface area contributed by atoms with E-state index in [0.29, 0.717) is 17.3 Å². The van der Waals surface area contributed by atoms with Gasteiger partial charge < -0.3 is 9.84 Å². The number of carbonyl (C=O) groups excluding carboxylic acids is 1. The minimum Gasteiger partial charge on any atom is -0.355 e. The van der Waals surface area contributed by atoms with Crippen LogP contribution in [-0.2, 0) is 6.42 Å². The average molecular weight is 327 g/mol. The summed E-state index contributed by atoms with van der Waals surface area (Å²) < 4.78 is 5.22. The number of carbonyl (C=O) groups is 1. The highest BCUT2D eigenvalue weighted by Gasteiger charge is 2.13. The molecule has 0 bridgehead atoms. The van der Waals surface area contributed by atoms with Crippen molar-refractivity contribution in [3.8, 4) is 11.3 Å². The summed E-state index contributed by atoms with van der Waals surface area (Å²) in [4.78, 5) is 12.1. The molecular formula is C18H15ClN2O2. The topological polar surface area (TPSA) is 55.1 Å². The van der Waals surface area contributed by atoms with Crippen LogP contribution in [0.25, 0.3) is 11.3 Å². The Bertz CT molecular complexity index is 782. The standard InChI is InChI=1S/C18H15ClN2O2/c19-15-8-6-13(7-9-15)10-11-20-18(22)16-12-17(23-21-16)14-4-2-1-3-5-14/h1-9,12H,10-11H2,(H,20,22). The highest BCUT2D eigenvalue weighted by Crippen LogP contribution is 2.19. The van der Waals surface area contributed by atoms with E-state index < -0.39 is 0 Å². The maximum Gasteiger partial charge on any atom is 0.273 e. The molecule has 3 rings (SSSR count). The van der Waals surface area contributed by atoms with Crippen LogP contribution in [0.4, 0.5) is 0 Å². The Morgan fingerprint density at radius 3 is 2.57 bits per heavy atom. The van der Waals surface area contributed by atoms with Crippen LogP contribution in [-0.4, -0.2) is 17.6 Å². The molecule has 0 atom stereocenters. The monoisotopic (exact) mass is 326 g/mol. The van der Waals surface area contributed by atoms with Gasteiger partial charge in [-0.3, -0.25) is 4.79 Å². The largest absolute Gasteiger partial charge is 0.355 e. The Kier molecular flexibility index (Phi) is 4.74. The lowest BCUT2D eigenvalue weighted by Gasteiger charge is -2.03. The number of nitrogens with zero attached hydrogens (tertiary/aromatic N) is 1. The summed E-state index contributed by atoms with van der Waals surface area (Å²) >= 11 is 5.84. The molecule has 5 heteroatoms. The van der Waals surface area contributed by atoms with Crippen molar-refractivity contribution in [2.45, 2.75) is 6.42 Å². The second kappa shape index (κ2) is 7.11. The van der Waals surface area contributed by atoms with Crippen molar-refractivity contribution >= 4 is 17.5 Å². The molecule has 0 saturated heterocycles. The number of benzene rings is 2. The molecule has 2 aromatic carbocycles. The molecule has 0 radical (unpaired) electrons. The fourth-order valence-corrected chi connectivity index (χ4v) is 2.31. The molecule has 3 aromatic rings. The lowest BCUT2D eigenvalue weighted by molar-refractivity contribution is 0.0945. The van der Waals surface area contributed by atoms with Crippen LogP contribution in [0, 0.1) is 0 Å². The van der Waals surface area contributed by atoms with Crippen LogP contribution in [0.15, 0.2) is 65.2 Å². The van der Waals surface area contributed by atoms with Gasteiger partial charge >= 0.3 is 0 Å². The number of halogens is 1. The Balaban J connectivity index is 1.56. The minimum atomic E-state index is -0.245. The fourth-order valence-electron chi connectivity index (χ4n) is 2.18. The first kappa shape index (κ1) is 15.3. The van der Waals surface area contributed by atoms with Gasteiger partial charge in [0.05, 0.1) is 0 Å². The van der Waals surface area contributed by atoms with Crippen molar-refractivity contribution in [2.75, 3.05) is 6.54 Å². The first-order chi connectivity index (χ1) is 11.2. The molecule has 1 heterocycles. The quantitative estimate of drug-likeness (QED) is 0.772. The zero-order valence-corrected chi connectivity index (χ0v) is 13.1. The first-order valence-electron chi connectivity index (χ1n) is 7.27. The number of hydrogen-bond acceptors (Lipinski definition) is 3. The molecule has 0 fully saturated rings. The van der Waals surface area contributed by atoms with Crippen molar-refractivity contribution in [3.05, 3.63) is 76.9 Å². The van der Waals surface area contributed by atoms with Crippen molar-refractivity contribution in [1.29, 1.82) is 0 Å². The molecule has 4 nitrogen and oxygen atoms in total. The van der Waals surface area contributed by atoms with E-state index in [1.165, 1.54) is 0 Å². The van der Waals surface area contributed by atoms with Crippen LogP contribution in [0.1, 0.15) is 16.1 Å². The Labute approximate surface area is 139 Å². The summed E-state index contributed by atoms with van der Waals surface area (Å²) in [5.41, 5.74) is 2.28. The van der Waals surface area contributed by atoms with E-state index in [0.717, 1.165) is 17.5 Å². The molecule has 0 aliphatic carbocycles. The summed E-state index contributed by atoms with van der Waals surface area (Å²) in [5, 5.41) is 7.36. The fraction of sp³-hybridized carbons (Fsp3) is 0.111. The van der Waals surface area contributed by atoms with Gasteiger partial charge in [-0.25, -0.2) is 0 Å². The Morgan fingerprint density at radius 1 is 1.09 bits per heavy atom. The molecular weight excluding hydrogens is 312 g/mol. The average Bonchev–Trinajstić information content (AvgIpc) is 3.07. The SMILES string of the molecule is O=C(NCCc1ccc(Cl)cc1)c1cc(-c2ccccc2)on1. The van der Waals surface area contributed by atoms with E-state index in [1.807, 2.05) is 54.6 Å². The Hall–Kier alpha value is -2.59. The van der Waals surface area contributed by atoms with E-state index in [1.54, 1.807) is 6.07 Å². The van der Waals surface area contributed by atoms with Crippen molar-refractivity contribution in [2.24, 2.45) is 0 Å². The van der Waals surface area contributed by atoms with Crippen LogP contribution in [0.2, 0.25) is 5.02 Å². The lowest BCUT2D eigenvalue weighted by Crippen LogP contribution is -2.25. The first-order valence-corrected chi connectivity index (χ1v) is 7.65. The summed E-state index contributed by atoms with van der Waals surface area (Å²) in [5.74, 6) is 0.332. The summed E-state index contributed by atoms with van der Waals surface area (Å²) in [6.45, 7) is 0.522. The predicted molar refractivity (Wildman–Crippen MR) is 89.4 cm³/mol. The number of hydrogen-bond donors (Lipinski definition) is 1. The minimum absolute atomic E-state index is 0.245. The molecule has 23 heavy (non-hydrogen) atoms. The number of amides is 1. The van der Waals surface area contributed by atoms with Gasteiger partial charge in [-0.2, -0.15) is 0 Å². The van der Waals surface area contributed by atoms with Gasteiger partial charge in [-0.05, 0) is 24.1 Å². The zero-order valence-electron chi connectivity index (χ0n) is 12.3. The van der Waals surface area contributed by atoms with Gasteiger partial charge in [0.15, 0.2) is 11.5 Å². The number of nitrogens with one attached hydrogen (secondary N) is 1. The molecule has 0 spiro atoms. The molecule has 1 aromatic heterocycles. The molecule has 1 N–H and O–H groups in total. The second-order valence-electron chi connectivity index (χ2n) is 5.07. The van der Waals surface area contributed by atoms with E-state index in [9.17, 15) is 4.79 Å². The van der Waals surface area contributed by atoms with Crippen LogP contribution in [0.3, 0.4) is 0 Å². The van der Waals surface area contributed by atoms with E-state index in [4.69, 9.17) is 16.1 Å². The third kappa shape index (κ3) is 3.99. The highest BCUT2D eigenvalue weighted by atomic mass is 35.5. The molecule has 1 amide bonds. The predicted octanol–water partition coefficient (Wildman–Crippen LogP) is 3.97. The summed E-state index contributed by atoms with van der Waals surface area (Å²) in [6, 6.07) is 18.7. The van der Waals surface area contributed by atoms with Gasteiger partial charge in [-0.1, -0.05) is 59.2 Å². The van der Waals surface area contributed by atoms with E-state index >= 15 is 0 Å². The molecule has 0 unspecified atom stereocenters. The third-order valence-corrected chi connectivity index (χ3v) is 3.67.